The van der Waals surface area contributed by atoms with E-state index < -0.39 is 0 Å². The summed E-state index contributed by atoms with van der Waals surface area (Å²) in [5, 5.41) is 4.22. The number of hydrogen-bond donors (Lipinski definition) is 2. The molecule has 4 unspecified atom stereocenters. The van der Waals surface area contributed by atoms with Gasteiger partial charge >= 0.3 is 0 Å². The molecule has 0 spiro atoms. The van der Waals surface area contributed by atoms with E-state index in [0.29, 0.717) is 12.0 Å². The summed E-state index contributed by atoms with van der Waals surface area (Å²) in [7, 11) is 2.39. The molecule has 1 heterocycles. The molecule has 0 radical (unpaired) electrons. The molecule has 3 aliphatic rings. The summed E-state index contributed by atoms with van der Waals surface area (Å²) in [6, 6.07) is 8.06. The van der Waals surface area contributed by atoms with Crippen molar-refractivity contribution in [3.63, 3.8) is 0 Å². The highest BCUT2D eigenvalue weighted by Crippen LogP contribution is 2.47. The van der Waals surface area contributed by atoms with Gasteiger partial charge < -0.3 is 16.4 Å². The van der Waals surface area contributed by atoms with Crippen LogP contribution in [0, 0.1) is 11.8 Å². The van der Waals surface area contributed by atoms with Crippen molar-refractivity contribution in [1.82, 2.24) is 19.7 Å². The molecule has 4 N–H and O–H groups in total. The van der Waals surface area contributed by atoms with Gasteiger partial charge in [-0.2, -0.15) is 9.67 Å². The zero-order chi connectivity index (χ0) is 18.5. The second kappa shape index (κ2) is 6.51. The predicted octanol–water partition coefficient (Wildman–Crippen LogP) is 2.80. The van der Waals surface area contributed by atoms with Crippen LogP contribution >= 0.6 is 0 Å². The first-order valence-electron chi connectivity index (χ1n) is 10.4. The Kier molecular flexibility index (Phi) is 4.11. The lowest BCUT2D eigenvalue weighted by Gasteiger charge is -2.37. The van der Waals surface area contributed by atoms with Gasteiger partial charge in [-0.3, -0.25) is 0 Å². The Morgan fingerprint density at radius 3 is 2.52 bits per heavy atom. The van der Waals surface area contributed by atoms with Crippen molar-refractivity contribution in [2.24, 2.45) is 11.8 Å². The maximum absolute atomic E-state index is 5.94. The minimum atomic E-state index is 0.218. The van der Waals surface area contributed by atoms with E-state index in [1.165, 1.54) is 49.7 Å². The highest BCUT2D eigenvalue weighted by molar-refractivity contribution is 5.45. The first-order valence-corrected chi connectivity index (χ1v) is 10.4. The third kappa shape index (κ3) is 3.00. The molecule has 2 aromatic rings. The standard InChI is InChI=1S/C21H30N6/c1-26(19-11-13-2-3-16(19)10-13)17-7-4-14-5-9-18(12-15(14)6-8-17)27-21(23)24-20(22)25-27/h5,9,12-13,16-17,19H,2-4,6-8,10-11H2,1H3,(H4,22,23,24,25). The lowest BCUT2D eigenvalue weighted by molar-refractivity contribution is 0.115. The lowest BCUT2D eigenvalue weighted by Crippen LogP contribution is -2.43. The van der Waals surface area contributed by atoms with Crippen LogP contribution in [0.15, 0.2) is 18.2 Å². The number of anilines is 2. The van der Waals surface area contributed by atoms with Crippen molar-refractivity contribution in [2.75, 3.05) is 18.5 Å². The van der Waals surface area contributed by atoms with Crippen LogP contribution in [0.25, 0.3) is 5.69 Å². The minimum absolute atomic E-state index is 0.218. The zero-order valence-electron chi connectivity index (χ0n) is 16.1. The van der Waals surface area contributed by atoms with E-state index in [-0.39, 0.29) is 5.95 Å². The first-order chi connectivity index (χ1) is 13.1. The fourth-order valence-electron chi connectivity index (χ4n) is 5.93. The third-order valence-corrected chi connectivity index (χ3v) is 7.38. The molecule has 27 heavy (non-hydrogen) atoms. The molecule has 2 saturated carbocycles. The average molecular weight is 367 g/mol. The smallest absolute Gasteiger partial charge is 0.241 e. The number of nitrogens with two attached hydrogens (primary N) is 2. The quantitative estimate of drug-likeness (QED) is 0.816. The predicted molar refractivity (Wildman–Crippen MR) is 108 cm³/mol. The van der Waals surface area contributed by atoms with E-state index in [2.05, 4.69) is 40.2 Å². The van der Waals surface area contributed by atoms with Gasteiger partial charge in [0.2, 0.25) is 11.9 Å². The maximum Gasteiger partial charge on any atom is 0.241 e. The summed E-state index contributed by atoms with van der Waals surface area (Å²) < 4.78 is 1.64. The summed E-state index contributed by atoms with van der Waals surface area (Å²) >= 11 is 0. The molecule has 2 bridgehead atoms. The molecule has 144 valence electrons. The lowest BCUT2D eigenvalue weighted by atomic mass is 9.92. The Morgan fingerprint density at radius 2 is 1.85 bits per heavy atom. The van der Waals surface area contributed by atoms with Crippen molar-refractivity contribution in [1.29, 1.82) is 0 Å². The van der Waals surface area contributed by atoms with Crippen LogP contribution in [-0.2, 0) is 12.8 Å². The number of fused-ring (bicyclic) bond motifs is 3. The Labute approximate surface area is 160 Å². The van der Waals surface area contributed by atoms with E-state index >= 15 is 0 Å². The van der Waals surface area contributed by atoms with Crippen LogP contribution in [0.4, 0.5) is 11.9 Å². The second-order valence-electron chi connectivity index (χ2n) is 8.83. The van der Waals surface area contributed by atoms with Gasteiger partial charge in [0.05, 0.1) is 5.69 Å². The molecule has 6 heteroatoms. The SMILES string of the molecule is CN(C1CCc2ccc(-n3nc(N)nc3N)cc2CC1)C1CC2CCC1C2. The van der Waals surface area contributed by atoms with E-state index in [0.717, 1.165) is 36.4 Å². The van der Waals surface area contributed by atoms with E-state index in [1.807, 2.05) is 0 Å². The van der Waals surface area contributed by atoms with Gasteiger partial charge in [-0.1, -0.05) is 12.5 Å². The van der Waals surface area contributed by atoms with Crippen LogP contribution in [0.3, 0.4) is 0 Å². The third-order valence-electron chi connectivity index (χ3n) is 7.38. The number of nitrogen functional groups attached to an aromatic ring is 2. The second-order valence-corrected chi connectivity index (χ2v) is 8.83. The first kappa shape index (κ1) is 17.0. The Hall–Kier alpha value is -2.08. The van der Waals surface area contributed by atoms with Crippen molar-refractivity contribution in [3.8, 4) is 5.69 Å². The molecule has 1 aromatic carbocycles. The highest BCUT2D eigenvalue weighted by atomic mass is 15.4. The highest BCUT2D eigenvalue weighted by Gasteiger charge is 2.42. The normalized spacial score (nSPS) is 29.9. The van der Waals surface area contributed by atoms with E-state index in [4.69, 9.17) is 11.5 Å². The van der Waals surface area contributed by atoms with Gasteiger partial charge in [-0.25, -0.2) is 0 Å². The Balaban J connectivity index is 1.33. The fourth-order valence-corrected chi connectivity index (χ4v) is 5.93. The molecule has 5 rings (SSSR count). The summed E-state index contributed by atoms with van der Waals surface area (Å²) in [6.45, 7) is 0. The number of aryl methyl sites for hydroxylation is 2. The topological polar surface area (TPSA) is 86.0 Å². The number of nitrogens with zero attached hydrogens (tertiary/aromatic N) is 4. The van der Waals surface area contributed by atoms with Crippen LogP contribution in [0.5, 0.6) is 0 Å². The summed E-state index contributed by atoms with van der Waals surface area (Å²) in [5.74, 6) is 2.52. The molecular formula is C21H30N6. The van der Waals surface area contributed by atoms with Crippen LogP contribution in [-0.4, -0.2) is 38.8 Å². The number of benzene rings is 1. The molecule has 6 nitrogen and oxygen atoms in total. The van der Waals surface area contributed by atoms with Crippen LogP contribution < -0.4 is 11.5 Å². The molecule has 4 atom stereocenters. The molecule has 0 amide bonds. The van der Waals surface area contributed by atoms with Crippen molar-refractivity contribution >= 4 is 11.9 Å². The van der Waals surface area contributed by atoms with Crippen LogP contribution in [0.1, 0.15) is 49.7 Å². The molecule has 2 fully saturated rings. The van der Waals surface area contributed by atoms with Gasteiger partial charge in [0.1, 0.15) is 0 Å². The minimum Gasteiger partial charge on any atom is -0.368 e. The van der Waals surface area contributed by atoms with Crippen molar-refractivity contribution in [3.05, 3.63) is 29.3 Å². The molecule has 1 aromatic heterocycles. The molecular weight excluding hydrogens is 336 g/mol. The van der Waals surface area contributed by atoms with E-state index in [1.54, 1.807) is 4.68 Å². The molecule has 0 aliphatic heterocycles. The Bertz CT molecular complexity index is 843. The van der Waals surface area contributed by atoms with Crippen molar-refractivity contribution < 1.29 is 0 Å². The summed E-state index contributed by atoms with van der Waals surface area (Å²) in [4.78, 5) is 6.76. The van der Waals surface area contributed by atoms with Crippen molar-refractivity contribution in [2.45, 2.75) is 63.5 Å². The largest absolute Gasteiger partial charge is 0.368 e. The van der Waals surface area contributed by atoms with Crippen LogP contribution in [0.2, 0.25) is 0 Å². The fraction of sp³-hybridized carbons (Fsp3) is 0.619. The van der Waals surface area contributed by atoms with Gasteiger partial charge in [-0.15, -0.1) is 5.10 Å². The number of rotatable bonds is 3. The molecule has 0 saturated heterocycles. The van der Waals surface area contributed by atoms with E-state index in [9.17, 15) is 0 Å². The molecule has 3 aliphatic carbocycles. The number of hydrogen-bond acceptors (Lipinski definition) is 5. The average Bonchev–Trinajstić information content (AvgIpc) is 3.33. The number of aromatic nitrogens is 3. The van der Waals surface area contributed by atoms with Gasteiger partial charge in [0.25, 0.3) is 0 Å². The van der Waals surface area contributed by atoms with Gasteiger partial charge in [0.15, 0.2) is 0 Å². The summed E-state index contributed by atoms with van der Waals surface area (Å²) in [5.41, 5.74) is 15.5. The zero-order valence-corrected chi connectivity index (χ0v) is 16.1. The Morgan fingerprint density at radius 1 is 1.04 bits per heavy atom. The van der Waals surface area contributed by atoms with Gasteiger partial charge in [0, 0.05) is 12.1 Å². The summed E-state index contributed by atoms with van der Waals surface area (Å²) in [6.07, 6.45) is 10.6. The van der Waals surface area contributed by atoms with Gasteiger partial charge in [-0.05, 0) is 87.1 Å². The maximum atomic E-state index is 5.94. The monoisotopic (exact) mass is 366 g/mol.